The summed E-state index contributed by atoms with van der Waals surface area (Å²) < 4.78 is 45.3. The van der Waals surface area contributed by atoms with Crippen LogP contribution < -0.4 is 4.72 Å². The molecule has 2 N–H and O–H groups in total. The van der Waals surface area contributed by atoms with Crippen molar-refractivity contribution in [2.75, 3.05) is 6.61 Å². The molecule has 0 spiro atoms. The molecule has 2 rings (SSSR count). The lowest BCUT2D eigenvalue weighted by atomic mass is 10.2. The molecule has 23 heavy (non-hydrogen) atoms. The number of carbonyl (C=O) groups is 1. The Morgan fingerprint density at radius 3 is 2.74 bits per heavy atom. The summed E-state index contributed by atoms with van der Waals surface area (Å²) in [6, 6.07) is 5.78. The molecular weight excluding hydrogens is 325 g/mol. The molecule has 1 aromatic heterocycles. The number of nitrogens with zero attached hydrogens (tertiary/aromatic N) is 1. The van der Waals surface area contributed by atoms with Crippen molar-refractivity contribution in [2.45, 2.75) is 25.4 Å². The van der Waals surface area contributed by atoms with E-state index < -0.39 is 26.8 Å². The predicted molar refractivity (Wildman–Crippen MR) is 79.7 cm³/mol. The van der Waals surface area contributed by atoms with Crippen LogP contribution in [-0.2, 0) is 21.3 Å². The molecule has 124 valence electrons. The third kappa shape index (κ3) is 3.74. The van der Waals surface area contributed by atoms with Crippen LogP contribution in [0.1, 0.15) is 28.5 Å². The number of aromatic nitrogens is 2. The second-order valence-electron chi connectivity index (χ2n) is 4.67. The highest BCUT2D eigenvalue weighted by atomic mass is 32.2. The van der Waals surface area contributed by atoms with E-state index in [1.807, 2.05) is 0 Å². The van der Waals surface area contributed by atoms with E-state index in [4.69, 9.17) is 4.74 Å². The Bertz CT molecular complexity index is 817. The molecule has 1 aromatic carbocycles. The van der Waals surface area contributed by atoms with Crippen LogP contribution in [0.2, 0.25) is 0 Å². The van der Waals surface area contributed by atoms with Crippen LogP contribution in [0.5, 0.6) is 0 Å². The van der Waals surface area contributed by atoms with Crippen LogP contribution >= 0.6 is 0 Å². The number of halogens is 1. The minimum Gasteiger partial charge on any atom is -0.462 e. The molecule has 0 aliphatic heterocycles. The van der Waals surface area contributed by atoms with Crippen molar-refractivity contribution < 1.29 is 22.3 Å². The van der Waals surface area contributed by atoms with E-state index in [9.17, 15) is 17.6 Å². The van der Waals surface area contributed by atoms with Crippen molar-refractivity contribution in [3.8, 4) is 0 Å². The Hall–Kier alpha value is -2.26. The van der Waals surface area contributed by atoms with Gasteiger partial charge in [-0.1, -0.05) is 18.2 Å². The number of hydrogen-bond acceptors (Lipinski definition) is 5. The van der Waals surface area contributed by atoms with Crippen molar-refractivity contribution in [3.05, 3.63) is 46.9 Å². The van der Waals surface area contributed by atoms with Gasteiger partial charge in [-0.3, -0.25) is 5.10 Å². The number of ether oxygens (including phenoxy) is 1. The molecule has 0 unspecified atom stereocenters. The molecule has 0 radical (unpaired) electrons. The Labute approximate surface area is 132 Å². The maximum absolute atomic E-state index is 13.5. The normalized spacial score (nSPS) is 11.4. The van der Waals surface area contributed by atoms with E-state index in [2.05, 4.69) is 14.9 Å². The summed E-state index contributed by atoms with van der Waals surface area (Å²) in [6.07, 6.45) is 0. The van der Waals surface area contributed by atoms with Crippen molar-refractivity contribution in [2.24, 2.45) is 0 Å². The van der Waals surface area contributed by atoms with Gasteiger partial charge in [-0.05, 0) is 19.9 Å². The molecule has 0 aliphatic carbocycles. The van der Waals surface area contributed by atoms with Crippen molar-refractivity contribution in [3.63, 3.8) is 0 Å². The average Bonchev–Trinajstić information content (AvgIpc) is 2.89. The summed E-state index contributed by atoms with van der Waals surface area (Å²) in [5.41, 5.74) is 0.295. The monoisotopic (exact) mass is 341 g/mol. The number of benzene rings is 1. The molecular formula is C14H16FN3O4S. The van der Waals surface area contributed by atoms with Gasteiger partial charge >= 0.3 is 5.97 Å². The number of hydrogen-bond donors (Lipinski definition) is 2. The van der Waals surface area contributed by atoms with Gasteiger partial charge in [-0.25, -0.2) is 22.3 Å². The standard InChI is InChI=1S/C14H16FN3O4S/c1-3-22-14(19)12-9(2)17-18-13(12)23(20,21)16-8-10-6-4-5-7-11(10)15/h4-7,16H,3,8H2,1-2H3,(H,17,18). The van der Waals surface area contributed by atoms with Gasteiger partial charge in [-0.15, -0.1) is 0 Å². The third-order valence-electron chi connectivity index (χ3n) is 3.06. The van der Waals surface area contributed by atoms with Gasteiger partial charge in [0.1, 0.15) is 11.4 Å². The maximum atomic E-state index is 13.5. The Morgan fingerprint density at radius 1 is 1.39 bits per heavy atom. The Morgan fingerprint density at radius 2 is 2.09 bits per heavy atom. The van der Waals surface area contributed by atoms with E-state index in [1.165, 1.54) is 25.1 Å². The fraction of sp³-hybridized carbons (Fsp3) is 0.286. The van der Waals surface area contributed by atoms with Crippen molar-refractivity contribution in [1.29, 1.82) is 0 Å². The lowest BCUT2D eigenvalue weighted by Gasteiger charge is -2.07. The fourth-order valence-corrected chi connectivity index (χ4v) is 3.08. The Balaban J connectivity index is 2.27. The number of aromatic amines is 1. The minimum absolute atomic E-state index is 0.103. The summed E-state index contributed by atoms with van der Waals surface area (Å²) in [4.78, 5) is 11.9. The van der Waals surface area contributed by atoms with Crippen LogP contribution in [0.25, 0.3) is 0 Å². The summed E-state index contributed by atoms with van der Waals surface area (Å²) in [7, 11) is -4.11. The van der Waals surface area contributed by atoms with Crippen LogP contribution in [0, 0.1) is 12.7 Å². The Kier molecular flexibility index (Phi) is 5.12. The van der Waals surface area contributed by atoms with Gasteiger partial charge in [0.2, 0.25) is 5.03 Å². The summed E-state index contributed by atoms with van der Waals surface area (Å²) in [5, 5.41) is 5.64. The molecule has 2 aromatic rings. The highest BCUT2D eigenvalue weighted by Crippen LogP contribution is 2.18. The quantitative estimate of drug-likeness (QED) is 0.776. The predicted octanol–water partition coefficient (Wildman–Crippen LogP) is 1.51. The van der Waals surface area contributed by atoms with E-state index in [1.54, 1.807) is 13.0 Å². The molecule has 0 amide bonds. The lowest BCUT2D eigenvalue weighted by Crippen LogP contribution is -2.26. The summed E-state index contributed by atoms with van der Waals surface area (Å²) in [5.74, 6) is -1.32. The van der Waals surface area contributed by atoms with Gasteiger partial charge < -0.3 is 4.74 Å². The van der Waals surface area contributed by atoms with Crippen LogP contribution in [-0.4, -0.2) is 31.2 Å². The molecule has 1 heterocycles. The van der Waals surface area contributed by atoms with Gasteiger partial charge in [0.05, 0.1) is 6.61 Å². The molecule has 9 heteroatoms. The number of aryl methyl sites for hydroxylation is 1. The molecule has 0 fully saturated rings. The number of sulfonamides is 1. The molecule has 0 saturated heterocycles. The number of rotatable bonds is 6. The van der Waals surface area contributed by atoms with E-state index in [0.29, 0.717) is 0 Å². The lowest BCUT2D eigenvalue weighted by molar-refractivity contribution is 0.0521. The zero-order valence-corrected chi connectivity index (χ0v) is 13.4. The molecule has 0 bridgehead atoms. The minimum atomic E-state index is -4.11. The summed E-state index contributed by atoms with van der Waals surface area (Å²) >= 11 is 0. The first-order valence-corrected chi connectivity index (χ1v) is 8.30. The number of carbonyl (C=O) groups excluding carboxylic acids is 1. The maximum Gasteiger partial charge on any atom is 0.343 e. The first-order chi connectivity index (χ1) is 10.9. The second-order valence-corrected chi connectivity index (χ2v) is 6.35. The highest BCUT2D eigenvalue weighted by Gasteiger charge is 2.29. The smallest absolute Gasteiger partial charge is 0.343 e. The van der Waals surface area contributed by atoms with Crippen molar-refractivity contribution >= 4 is 16.0 Å². The van der Waals surface area contributed by atoms with E-state index >= 15 is 0 Å². The fourth-order valence-electron chi connectivity index (χ4n) is 1.93. The molecule has 0 aliphatic rings. The van der Waals surface area contributed by atoms with Crippen LogP contribution in [0.3, 0.4) is 0 Å². The number of nitrogens with one attached hydrogen (secondary N) is 2. The SMILES string of the molecule is CCOC(=O)c1c(S(=O)(=O)NCc2ccccc2F)n[nH]c1C. The van der Waals surface area contributed by atoms with Crippen LogP contribution in [0.4, 0.5) is 4.39 Å². The average molecular weight is 341 g/mol. The van der Waals surface area contributed by atoms with Gasteiger partial charge in [0.25, 0.3) is 10.0 Å². The van der Waals surface area contributed by atoms with Crippen molar-refractivity contribution in [1.82, 2.24) is 14.9 Å². The number of esters is 1. The van der Waals surface area contributed by atoms with E-state index in [-0.39, 0.29) is 30.0 Å². The number of H-pyrrole nitrogens is 1. The molecule has 7 nitrogen and oxygen atoms in total. The first-order valence-electron chi connectivity index (χ1n) is 6.82. The van der Waals surface area contributed by atoms with Gasteiger partial charge in [-0.2, -0.15) is 5.10 Å². The van der Waals surface area contributed by atoms with Crippen LogP contribution in [0.15, 0.2) is 29.3 Å². The van der Waals surface area contributed by atoms with E-state index in [0.717, 1.165) is 0 Å². The van der Waals surface area contributed by atoms with Gasteiger partial charge in [0, 0.05) is 17.8 Å². The zero-order chi connectivity index (χ0) is 17.0. The second kappa shape index (κ2) is 6.88. The largest absolute Gasteiger partial charge is 0.462 e. The highest BCUT2D eigenvalue weighted by molar-refractivity contribution is 7.89. The third-order valence-corrected chi connectivity index (χ3v) is 4.39. The molecule has 0 saturated carbocycles. The van der Waals surface area contributed by atoms with Gasteiger partial charge in [0.15, 0.2) is 0 Å². The topological polar surface area (TPSA) is 101 Å². The summed E-state index contributed by atoms with van der Waals surface area (Å²) in [6.45, 7) is 2.96. The molecule has 0 atom stereocenters. The zero-order valence-electron chi connectivity index (χ0n) is 12.6. The first kappa shape index (κ1) is 17.1.